The van der Waals surface area contributed by atoms with Gasteiger partial charge in [-0.05, 0) is 25.5 Å². The van der Waals surface area contributed by atoms with Crippen LogP contribution in [0.5, 0.6) is 0 Å². The Hall–Kier alpha value is -2.28. The molecule has 0 unspecified atom stereocenters. The summed E-state index contributed by atoms with van der Waals surface area (Å²) in [5.41, 5.74) is 2.81. The summed E-state index contributed by atoms with van der Waals surface area (Å²) in [6.07, 6.45) is 0.214. The smallest absolute Gasteiger partial charge is 0.226 e. The van der Waals surface area contributed by atoms with Crippen molar-refractivity contribution in [2.75, 3.05) is 10.6 Å². The number of benzene rings is 1. The summed E-state index contributed by atoms with van der Waals surface area (Å²) in [6.45, 7) is 10.1. The van der Waals surface area contributed by atoms with Crippen molar-refractivity contribution in [3.8, 4) is 0 Å². The Labute approximate surface area is 152 Å². The summed E-state index contributed by atoms with van der Waals surface area (Å²) >= 11 is 1.35. The monoisotopic (exact) mass is 360 g/mol. The van der Waals surface area contributed by atoms with Crippen molar-refractivity contribution in [1.82, 2.24) is 10.2 Å². The van der Waals surface area contributed by atoms with Crippen LogP contribution < -0.4 is 10.6 Å². The van der Waals surface area contributed by atoms with Gasteiger partial charge in [-0.3, -0.25) is 9.59 Å². The van der Waals surface area contributed by atoms with Gasteiger partial charge in [-0.25, -0.2) is 0 Å². The standard InChI is InChI=1S/C18H24N4O2S/c1-11-6-7-13(12(2)10-11)19-14(23)8-9-15(24)20-17-22-21-16(25-17)18(3,4)5/h6-7,10H,8-9H2,1-5H3,(H,19,23)(H,20,22,24). The molecular formula is C18H24N4O2S. The number of amides is 2. The highest BCUT2D eigenvalue weighted by atomic mass is 32.1. The van der Waals surface area contributed by atoms with Crippen molar-refractivity contribution in [1.29, 1.82) is 0 Å². The van der Waals surface area contributed by atoms with E-state index in [0.717, 1.165) is 21.8 Å². The lowest BCUT2D eigenvalue weighted by molar-refractivity contribution is -0.121. The second-order valence-corrected chi connectivity index (χ2v) is 8.05. The van der Waals surface area contributed by atoms with Gasteiger partial charge in [0.2, 0.25) is 16.9 Å². The molecule has 6 nitrogen and oxygen atoms in total. The number of hydrogen-bond acceptors (Lipinski definition) is 5. The van der Waals surface area contributed by atoms with E-state index in [1.807, 2.05) is 52.8 Å². The lowest BCUT2D eigenvalue weighted by atomic mass is 9.98. The van der Waals surface area contributed by atoms with E-state index in [0.29, 0.717) is 5.13 Å². The number of anilines is 2. The maximum atomic E-state index is 12.0. The third-order valence-corrected chi connectivity index (χ3v) is 4.81. The molecule has 0 fully saturated rings. The lowest BCUT2D eigenvalue weighted by Crippen LogP contribution is -2.17. The Morgan fingerprint density at radius 2 is 1.68 bits per heavy atom. The van der Waals surface area contributed by atoms with Gasteiger partial charge in [0.15, 0.2) is 0 Å². The van der Waals surface area contributed by atoms with Gasteiger partial charge in [0.05, 0.1) is 0 Å². The quantitative estimate of drug-likeness (QED) is 0.849. The summed E-state index contributed by atoms with van der Waals surface area (Å²) < 4.78 is 0. The van der Waals surface area contributed by atoms with E-state index >= 15 is 0 Å². The molecule has 25 heavy (non-hydrogen) atoms. The second-order valence-electron chi connectivity index (χ2n) is 7.08. The number of aromatic nitrogens is 2. The van der Waals surface area contributed by atoms with Crippen molar-refractivity contribution >= 4 is 34.0 Å². The van der Waals surface area contributed by atoms with Crippen LogP contribution in [-0.4, -0.2) is 22.0 Å². The van der Waals surface area contributed by atoms with Crippen LogP contribution in [0.15, 0.2) is 18.2 Å². The van der Waals surface area contributed by atoms with Gasteiger partial charge in [0.1, 0.15) is 5.01 Å². The van der Waals surface area contributed by atoms with Gasteiger partial charge in [0, 0.05) is 23.9 Å². The minimum absolute atomic E-state index is 0.0984. The van der Waals surface area contributed by atoms with Crippen molar-refractivity contribution in [2.45, 2.75) is 52.9 Å². The third kappa shape index (κ3) is 5.63. The number of carbonyl (C=O) groups excluding carboxylic acids is 2. The molecular weight excluding hydrogens is 336 g/mol. The number of nitrogens with zero attached hydrogens (tertiary/aromatic N) is 2. The summed E-state index contributed by atoms with van der Waals surface area (Å²) in [6, 6.07) is 5.82. The lowest BCUT2D eigenvalue weighted by Gasteiger charge is -2.12. The molecule has 0 atom stereocenters. The van der Waals surface area contributed by atoms with E-state index in [2.05, 4.69) is 20.8 Å². The van der Waals surface area contributed by atoms with Crippen LogP contribution in [0.2, 0.25) is 0 Å². The fourth-order valence-corrected chi connectivity index (χ4v) is 2.97. The van der Waals surface area contributed by atoms with Crippen LogP contribution in [0.1, 0.15) is 49.7 Å². The van der Waals surface area contributed by atoms with E-state index in [1.165, 1.54) is 11.3 Å². The van der Waals surface area contributed by atoms with Crippen LogP contribution in [0.25, 0.3) is 0 Å². The topological polar surface area (TPSA) is 84.0 Å². The maximum Gasteiger partial charge on any atom is 0.226 e. The van der Waals surface area contributed by atoms with Gasteiger partial charge in [-0.2, -0.15) is 0 Å². The molecule has 2 aromatic rings. The highest BCUT2D eigenvalue weighted by Crippen LogP contribution is 2.27. The van der Waals surface area contributed by atoms with Crippen molar-refractivity contribution < 1.29 is 9.59 Å². The zero-order valence-electron chi connectivity index (χ0n) is 15.3. The molecule has 2 rings (SSSR count). The van der Waals surface area contributed by atoms with E-state index in [9.17, 15) is 9.59 Å². The molecule has 134 valence electrons. The Morgan fingerprint density at radius 3 is 2.24 bits per heavy atom. The van der Waals surface area contributed by atoms with Crippen molar-refractivity contribution in [3.05, 3.63) is 34.3 Å². The summed E-state index contributed by atoms with van der Waals surface area (Å²) in [7, 11) is 0. The first-order chi connectivity index (χ1) is 11.6. The fraction of sp³-hybridized carbons (Fsp3) is 0.444. The predicted octanol–water partition coefficient (Wildman–Crippen LogP) is 3.81. The van der Waals surface area contributed by atoms with Crippen LogP contribution in [-0.2, 0) is 15.0 Å². The maximum absolute atomic E-state index is 12.0. The molecule has 0 bridgehead atoms. The van der Waals surface area contributed by atoms with Crippen molar-refractivity contribution in [3.63, 3.8) is 0 Å². The van der Waals surface area contributed by atoms with Crippen LogP contribution in [0, 0.1) is 13.8 Å². The number of aryl methyl sites for hydroxylation is 2. The average molecular weight is 360 g/mol. The zero-order chi connectivity index (χ0) is 18.6. The Balaban J connectivity index is 1.83. The Bertz CT molecular complexity index is 778. The highest BCUT2D eigenvalue weighted by Gasteiger charge is 2.20. The SMILES string of the molecule is Cc1ccc(NC(=O)CCC(=O)Nc2nnc(C(C)(C)C)s2)c(C)c1. The minimum Gasteiger partial charge on any atom is -0.326 e. The van der Waals surface area contributed by atoms with Gasteiger partial charge in [0.25, 0.3) is 0 Å². The molecule has 0 aliphatic rings. The first kappa shape index (κ1) is 19.1. The molecule has 7 heteroatoms. The molecule has 0 aliphatic carbocycles. The molecule has 1 aromatic heterocycles. The third-order valence-electron chi connectivity index (χ3n) is 3.55. The van der Waals surface area contributed by atoms with E-state index in [1.54, 1.807) is 0 Å². The molecule has 1 heterocycles. The Morgan fingerprint density at radius 1 is 1.04 bits per heavy atom. The number of rotatable bonds is 5. The normalized spacial score (nSPS) is 11.2. The number of nitrogens with one attached hydrogen (secondary N) is 2. The molecule has 0 radical (unpaired) electrons. The largest absolute Gasteiger partial charge is 0.326 e. The Kier molecular flexibility index (Phi) is 5.89. The zero-order valence-corrected chi connectivity index (χ0v) is 16.1. The average Bonchev–Trinajstić information content (AvgIpc) is 2.97. The van der Waals surface area contributed by atoms with Gasteiger partial charge >= 0.3 is 0 Å². The molecule has 0 spiro atoms. The molecule has 1 aromatic carbocycles. The first-order valence-corrected chi connectivity index (χ1v) is 8.98. The van der Waals surface area contributed by atoms with E-state index in [4.69, 9.17) is 0 Å². The summed E-state index contributed by atoms with van der Waals surface area (Å²) in [4.78, 5) is 24.0. The van der Waals surface area contributed by atoms with E-state index in [-0.39, 0.29) is 30.1 Å². The molecule has 0 aliphatic heterocycles. The van der Waals surface area contributed by atoms with Crippen molar-refractivity contribution in [2.24, 2.45) is 0 Å². The molecule has 0 saturated heterocycles. The summed E-state index contributed by atoms with van der Waals surface area (Å²) in [5, 5.41) is 14.9. The molecule has 0 saturated carbocycles. The summed E-state index contributed by atoms with van der Waals surface area (Å²) in [5.74, 6) is -0.429. The van der Waals surface area contributed by atoms with Crippen LogP contribution in [0.3, 0.4) is 0 Å². The van der Waals surface area contributed by atoms with Gasteiger partial charge in [-0.15, -0.1) is 10.2 Å². The predicted molar refractivity (Wildman–Crippen MR) is 101 cm³/mol. The number of hydrogen-bond donors (Lipinski definition) is 2. The van der Waals surface area contributed by atoms with Crippen LogP contribution >= 0.6 is 11.3 Å². The number of carbonyl (C=O) groups is 2. The molecule has 2 N–H and O–H groups in total. The van der Waals surface area contributed by atoms with Gasteiger partial charge in [-0.1, -0.05) is 49.8 Å². The van der Waals surface area contributed by atoms with Crippen LogP contribution in [0.4, 0.5) is 10.8 Å². The second kappa shape index (κ2) is 7.74. The van der Waals surface area contributed by atoms with E-state index < -0.39 is 0 Å². The fourth-order valence-electron chi connectivity index (χ4n) is 2.15. The highest BCUT2D eigenvalue weighted by molar-refractivity contribution is 7.15. The van der Waals surface area contributed by atoms with Gasteiger partial charge < -0.3 is 10.6 Å². The first-order valence-electron chi connectivity index (χ1n) is 8.16. The molecule has 2 amide bonds. The minimum atomic E-state index is -0.243.